The van der Waals surface area contributed by atoms with Crippen molar-refractivity contribution < 1.29 is 13.5 Å². The Balaban J connectivity index is 2.17. The molecule has 3 aromatic rings. The summed E-state index contributed by atoms with van der Waals surface area (Å²) in [6.45, 7) is 1.45. The molecule has 0 bridgehead atoms. The second-order valence-corrected chi connectivity index (χ2v) is 6.97. The third-order valence-corrected chi connectivity index (χ3v) is 4.68. The van der Waals surface area contributed by atoms with Crippen molar-refractivity contribution >= 4 is 10.0 Å². The zero-order chi connectivity index (χ0) is 17.3. The second kappa shape index (κ2) is 6.20. The summed E-state index contributed by atoms with van der Waals surface area (Å²) in [4.78, 5) is -0.0844. The van der Waals surface area contributed by atoms with Gasteiger partial charge >= 0.3 is 0 Å². The lowest BCUT2D eigenvalue weighted by atomic mass is 10.1. The van der Waals surface area contributed by atoms with E-state index in [1.807, 2.05) is 43.3 Å². The molecule has 3 rings (SSSR count). The molecule has 24 heavy (non-hydrogen) atoms. The van der Waals surface area contributed by atoms with Crippen LogP contribution in [0, 0.1) is 6.92 Å². The van der Waals surface area contributed by atoms with Crippen LogP contribution in [0.15, 0.2) is 59.5 Å². The van der Waals surface area contributed by atoms with E-state index in [-0.39, 0.29) is 10.5 Å². The molecule has 0 radical (unpaired) electrons. The summed E-state index contributed by atoms with van der Waals surface area (Å²) in [7, 11) is -3.89. The highest BCUT2D eigenvalue weighted by Crippen LogP contribution is 2.26. The number of aliphatic hydroxyl groups is 1. The summed E-state index contributed by atoms with van der Waals surface area (Å²) in [5, 5.41) is 19.2. The number of nitrogens with zero attached hydrogens (tertiary/aromatic N) is 2. The molecule has 7 heteroatoms. The number of aliphatic hydroxyl groups excluding tert-OH is 1. The Morgan fingerprint density at radius 2 is 1.83 bits per heavy atom. The Labute approximate surface area is 140 Å². The monoisotopic (exact) mass is 343 g/mol. The van der Waals surface area contributed by atoms with E-state index in [1.54, 1.807) is 16.8 Å². The molecule has 1 heterocycles. The number of benzene rings is 2. The lowest BCUT2D eigenvalue weighted by Crippen LogP contribution is -2.15. The summed E-state index contributed by atoms with van der Waals surface area (Å²) >= 11 is 0. The minimum Gasteiger partial charge on any atom is -0.392 e. The first-order valence-electron chi connectivity index (χ1n) is 7.29. The average molecular weight is 343 g/mol. The van der Waals surface area contributed by atoms with Crippen LogP contribution in [-0.4, -0.2) is 23.3 Å². The van der Waals surface area contributed by atoms with E-state index in [0.29, 0.717) is 5.69 Å². The molecule has 0 aliphatic rings. The number of aryl methyl sites for hydroxylation is 1. The lowest BCUT2D eigenvalue weighted by molar-refractivity contribution is 0.278. The van der Waals surface area contributed by atoms with Gasteiger partial charge in [0.1, 0.15) is 0 Å². The van der Waals surface area contributed by atoms with Gasteiger partial charge in [0.05, 0.1) is 28.6 Å². The number of sulfonamides is 1. The first-order chi connectivity index (χ1) is 11.4. The molecule has 0 spiro atoms. The molecule has 124 valence electrons. The number of primary sulfonamides is 1. The second-order valence-electron chi connectivity index (χ2n) is 5.44. The Morgan fingerprint density at radius 1 is 1.12 bits per heavy atom. The van der Waals surface area contributed by atoms with Gasteiger partial charge in [-0.1, -0.05) is 30.3 Å². The molecular formula is C17H17N3O3S. The number of hydrogen-bond donors (Lipinski definition) is 2. The van der Waals surface area contributed by atoms with Gasteiger partial charge < -0.3 is 5.11 Å². The highest BCUT2D eigenvalue weighted by atomic mass is 32.2. The van der Waals surface area contributed by atoms with Gasteiger partial charge in [0.25, 0.3) is 0 Å². The molecule has 6 nitrogen and oxygen atoms in total. The standard InChI is InChI=1S/C17H17N3O3S/c1-12-9-16(13-5-3-2-4-6-13)20(19-12)15-7-8-17(24(18,22)23)14(10-15)11-21/h2-10,21H,11H2,1H3,(H2,18,22,23). The normalized spacial score (nSPS) is 11.6. The van der Waals surface area contributed by atoms with Gasteiger partial charge in [0, 0.05) is 5.56 Å². The SMILES string of the molecule is Cc1cc(-c2ccccc2)n(-c2ccc(S(N)(=O)=O)c(CO)c2)n1. The smallest absolute Gasteiger partial charge is 0.238 e. The van der Waals surface area contributed by atoms with Crippen LogP contribution < -0.4 is 5.14 Å². The molecule has 0 saturated heterocycles. The average Bonchev–Trinajstić information content (AvgIpc) is 2.96. The van der Waals surface area contributed by atoms with Crippen molar-refractivity contribution in [1.82, 2.24) is 9.78 Å². The third kappa shape index (κ3) is 3.09. The van der Waals surface area contributed by atoms with E-state index < -0.39 is 16.6 Å². The van der Waals surface area contributed by atoms with Gasteiger partial charge in [0.15, 0.2) is 0 Å². The highest BCUT2D eigenvalue weighted by molar-refractivity contribution is 7.89. The summed E-state index contributed by atoms with van der Waals surface area (Å²) in [6, 6.07) is 16.3. The summed E-state index contributed by atoms with van der Waals surface area (Å²) < 4.78 is 24.9. The molecule has 1 aromatic heterocycles. The Morgan fingerprint density at radius 3 is 2.46 bits per heavy atom. The first kappa shape index (κ1) is 16.4. The van der Waals surface area contributed by atoms with Crippen molar-refractivity contribution in [2.45, 2.75) is 18.4 Å². The molecule has 0 saturated carbocycles. The van der Waals surface area contributed by atoms with Gasteiger partial charge in [0.2, 0.25) is 10.0 Å². The van der Waals surface area contributed by atoms with Crippen molar-refractivity contribution in [3.8, 4) is 16.9 Å². The van der Waals surface area contributed by atoms with Crippen LogP contribution >= 0.6 is 0 Å². The Hall–Kier alpha value is -2.48. The predicted molar refractivity (Wildman–Crippen MR) is 91.0 cm³/mol. The Kier molecular flexibility index (Phi) is 4.23. The lowest BCUT2D eigenvalue weighted by Gasteiger charge is -2.11. The van der Waals surface area contributed by atoms with Gasteiger partial charge in [-0.3, -0.25) is 0 Å². The van der Waals surface area contributed by atoms with E-state index in [0.717, 1.165) is 17.0 Å². The van der Waals surface area contributed by atoms with Crippen molar-refractivity contribution in [1.29, 1.82) is 0 Å². The molecule has 0 aliphatic carbocycles. The third-order valence-electron chi connectivity index (χ3n) is 3.67. The summed E-state index contributed by atoms with van der Waals surface area (Å²) in [5.74, 6) is 0. The van der Waals surface area contributed by atoms with E-state index >= 15 is 0 Å². The minimum atomic E-state index is -3.89. The van der Waals surface area contributed by atoms with Gasteiger partial charge in [-0.05, 0) is 36.8 Å². The summed E-state index contributed by atoms with van der Waals surface area (Å²) in [6.07, 6.45) is 0. The molecule has 0 aliphatic heterocycles. The predicted octanol–water partition coefficient (Wildman–Crippen LogP) is 1.99. The first-order valence-corrected chi connectivity index (χ1v) is 8.84. The fourth-order valence-electron chi connectivity index (χ4n) is 2.61. The van der Waals surface area contributed by atoms with Crippen molar-refractivity contribution in [3.05, 3.63) is 65.9 Å². The van der Waals surface area contributed by atoms with Crippen LogP contribution in [0.4, 0.5) is 0 Å². The largest absolute Gasteiger partial charge is 0.392 e. The van der Waals surface area contributed by atoms with E-state index in [2.05, 4.69) is 5.10 Å². The van der Waals surface area contributed by atoms with Crippen molar-refractivity contribution in [2.24, 2.45) is 5.14 Å². The van der Waals surface area contributed by atoms with Gasteiger partial charge in [-0.25, -0.2) is 18.2 Å². The van der Waals surface area contributed by atoms with Crippen LogP contribution in [0.1, 0.15) is 11.3 Å². The van der Waals surface area contributed by atoms with Crippen LogP contribution in [0.3, 0.4) is 0 Å². The zero-order valence-corrected chi connectivity index (χ0v) is 13.9. The van der Waals surface area contributed by atoms with Crippen LogP contribution in [0.2, 0.25) is 0 Å². The molecule has 0 fully saturated rings. The number of hydrogen-bond acceptors (Lipinski definition) is 4. The van der Waals surface area contributed by atoms with E-state index in [1.165, 1.54) is 6.07 Å². The fourth-order valence-corrected chi connectivity index (χ4v) is 3.36. The van der Waals surface area contributed by atoms with Crippen molar-refractivity contribution in [2.75, 3.05) is 0 Å². The Bertz CT molecular complexity index is 980. The van der Waals surface area contributed by atoms with E-state index in [9.17, 15) is 13.5 Å². The van der Waals surface area contributed by atoms with E-state index in [4.69, 9.17) is 5.14 Å². The van der Waals surface area contributed by atoms with Gasteiger partial charge in [-0.2, -0.15) is 5.10 Å². The highest BCUT2D eigenvalue weighted by Gasteiger charge is 2.16. The van der Waals surface area contributed by atoms with Crippen LogP contribution in [0.5, 0.6) is 0 Å². The molecule has 0 atom stereocenters. The van der Waals surface area contributed by atoms with Gasteiger partial charge in [-0.15, -0.1) is 0 Å². The maximum atomic E-state index is 11.6. The topological polar surface area (TPSA) is 98.2 Å². The molecule has 2 aromatic carbocycles. The van der Waals surface area contributed by atoms with Crippen LogP contribution in [0.25, 0.3) is 16.9 Å². The minimum absolute atomic E-state index is 0.0844. The summed E-state index contributed by atoms with van der Waals surface area (Å²) in [5.41, 5.74) is 3.58. The maximum absolute atomic E-state index is 11.6. The fraction of sp³-hybridized carbons (Fsp3) is 0.118. The maximum Gasteiger partial charge on any atom is 0.238 e. The molecule has 0 unspecified atom stereocenters. The number of nitrogens with two attached hydrogens (primary N) is 1. The quantitative estimate of drug-likeness (QED) is 0.757. The molecule has 0 amide bonds. The number of rotatable bonds is 4. The van der Waals surface area contributed by atoms with Crippen LogP contribution in [-0.2, 0) is 16.6 Å². The zero-order valence-electron chi connectivity index (χ0n) is 13.0. The number of aromatic nitrogens is 2. The molecular weight excluding hydrogens is 326 g/mol. The molecule has 3 N–H and O–H groups in total. The van der Waals surface area contributed by atoms with Crippen molar-refractivity contribution in [3.63, 3.8) is 0 Å².